The fraction of sp³-hybridized carbons (Fsp3) is 0.333. The van der Waals surface area contributed by atoms with Gasteiger partial charge in [-0.2, -0.15) is 0 Å². The fourth-order valence-electron chi connectivity index (χ4n) is 3.79. The van der Waals surface area contributed by atoms with E-state index in [1.165, 1.54) is 0 Å². The zero-order valence-electron chi connectivity index (χ0n) is 17.6. The normalized spacial score (nSPS) is 15.7. The van der Waals surface area contributed by atoms with Crippen LogP contribution in [0.15, 0.2) is 59.4 Å². The Morgan fingerprint density at radius 2 is 2.10 bits per heavy atom. The van der Waals surface area contributed by atoms with Crippen molar-refractivity contribution in [2.24, 2.45) is 0 Å². The first-order chi connectivity index (χ1) is 15.1. The van der Waals surface area contributed by atoms with Crippen molar-refractivity contribution in [3.8, 4) is 5.75 Å². The smallest absolute Gasteiger partial charge is 0.253 e. The van der Waals surface area contributed by atoms with Gasteiger partial charge in [-0.25, -0.2) is 0 Å². The molecule has 2 N–H and O–H groups in total. The molecule has 0 aliphatic carbocycles. The number of aromatic amines is 1. The summed E-state index contributed by atoms with van der Waals surface area (Å²) in [6, 6.07) is 17.4. The molecule has 1 saturated heterocycles. The Labute approximate surface area is 187 Å². The first kappa shape index (κ1) is 21.3. The molecule has 4 rings (SSSR count). The van der Waals surface area contributed by atoms with Crippen molar-refractivity contribution in [2.45, 2.75) is 32.4 Å². The highest BCUT2D eigenvalue weighted by atomic mass is 32.1. The molecule has 31 heavy (non-hydrogen) atoms. The van der Waals surface area contributed by atoms with Gasteiger partial charge in [0.05, 0.1) is 19.3 Å². The number of benzene rings is 2. The summed E-state index contributed by atoms with van der Waals surface area (Å²) >= 11 is 5.71. The lowest BCUT2D eigenvalue weighted by molar-refractivity contribution is 0.0904. The maximum absolute atomic E-state index is 12.8. The van der Waals surface area contributed by atoms with Crippen molar-refractivity contribution in [1.29, 1.82) is 0 Å². The Bertz CT molecular complexity index is 1090. The minimum Gasteiger partial charge on any atom is -0.494 e. The van der Waals surface area contributed by atoms with Crippen molar-refractivity contribution < 1.29 is 9.47 Å². The summed E-state index contributed by atoms with van der Waals surface area (Å²) < 4.78 is 11.4. The third-order valence-electron chi connectivity index (χ3n) is 5.33. The van der Waals surface area contributed by atoms with Crippen molar-refractivity contribution in [3.05, 3.63) is 70.5 Å². The van der Waals surface area contributed by atoms with E-state index in [0.717, 1.165) is 41.8 Å². The van der Waals surface area contributed by atoms with Crippen LogP contribution in [-0.4, -0.2) is 40.9 Å². The first-order valence-electron chi connectivity index (χ1n) is 10.6. The number of rotatable bonds is 7. The lowest BCUT2D eigenvalue weighted by Gasteiger charge is -2.28. The van der Waals surface area contributed by atoms with Gasteiger partial charge in [0.25, 0.3) is 5.56 Å². The zero-order valence-corrected chi connectivity index (χ0v) is 18.4. The molecule has 2 aromatic carbocycles. The second-order valence-electron chi connectivity index (χ2n) is 7.62. The molecular weight excluding hydrogens is 410 g/mol. The molecule has 1 aliphatic rings. The van der Waals surface area contributed by atoms with Gasteiger partial charge in [0.15, 0.2) is 5.11 Å². The molecule has 1 aliphatic heterocycles. The van der Waals surface area contributed by atoms with Crippen LogP contribution in [0.2, 0.25) is 0 Å². The average Bonchev–Trinajstić information content (AvgIpc) is 3.28. The van der Waals surface area contributed by atoms with E-state index in [1.54, 1.807) is 0 Å². The SMILES string of the molecule is CCOc1ccc2[nH]c(=O)c(CN(CC3CCCO3)C(=S)Nc3ccccc3)cc2c1. The Kier molecular flexibility index (Phi) is 6.84. The molecule has 3 aromatic rings. The number of para-hydroxylation sites is 1. The third kappa shape index (κ3) is 5.42. The number of hydrogen-bond donors (Lipinski definition) is 2. The quantitative estimate of drug-likeness (QED) is 0.537. The van der Waals surface area contributed by atoms with Crippen molar-refractivity contribution in [3.63, 3.8) is 0 Å². The summed E-state index contributed by atoms with van der Waals surface area (Å²) in [6.45, 7) is 4.34. The van der Waals surface area contributed by atoms with E-state index in [-0.39, 0.29) is 11.7 Å². The summed E-state index contributed by atoms with van der Waals surface area (Å²) in [5.41, 5.74) is 2.24. The van der Waals surface area contributed by atoms with Crippen LogP contribution in [0.1, 0.15) is 25.3 Å². The molecular formula is C24H27N3O3S. The van der Waals surface area contributed by atoms with E-state index in [2.05, 4.69) is 10.3 Å². The van der Waals surface area contributed by atoms with Gasteiger partial charge in [0, 0.05) is 35.3 Å². The molecule has 1 unspecified atom stereocenters. The van der Waals surface area contributed by atoms with Gasteiger partial charge in [-0.3, -0.25) is 4.79 Å². The maximum atomic E-state index is 12.8. The Hall–Kier alpha value is -2.90. The summed E-state index contributed by atoms with van der Waals surface area (Å²) in [6.07, 6.45) is 2.16. The number of aromatic nitrogens is 1. The zero-order chi connectivity index (χ0) is 21.6. The molecule has 2 heterocycles. The summed E-state index contributed by atoms with van der Waals surface area (Å²) in [5, 5.41) is 4.79. The van der Waals surface area contributed by atoms with E-state index < -0.39 is 0 Å². The number of nitrogens with zero attached hydrogens (tertiary/aromatic N) is 1. The second kappa shape index (κ2) is 9.94. The van der Waals surface area contributed by atoms with Gasteiger partial charge in [-0.15, -0.1) is 0 Å². The summed E-state index contributed by atoms with van der Waals surface area (Å²) in [7, 11) is 0. The van der Waals surface area contributed by atoms with E-state index in [0.29, 0.717) is 30.4 Å². The van der Waals surface area contributed by atoms with E-state index in [9.17, 15) is 4.79 Å². The van der Waals surface area contributed by atoms with Crippen LogP contribution in [0, 0.1) is 0 Å². The van der Waals surface area contributed by atoms with Crippen molar-refractivity contribution in [1.82, 2.24) is 9.88 Å². The molecule has 162 valence electrons. The van der Waals surface area contributed by atoms with Crippen LogP contribution in [0.4, 0.5) is 5.69 Å². The standard InChI is InChI=1S/C24H27N3O3S/c1-2-29-20-10-11-22-17(14-20)13-18(23(28)26-22)15-27(16-21-9-6-12-30-21)24(31)25-19-7-4-3-5-8-19/h3-5,7-8,10-11,13-14,21H,2,6,9,12,15-16H2,1H3,(H,25,31)(H,26,28). The molecule has 0 bridgehead atoms. The van der Waals surface area contributed by atoms with Crippen LogP contribution in [0.3, 0.4) is 0 Å². The topological polar surface area (TPSA) is 66.6 Å². The number of H-pyrrole nitrogens is 1. The molecule has 6 nitrogen and oxygen atoms in total. The average molecular weight is 438 g/mol. The predicted octanol–water partition coefficient (Wildman–Crippen LogP) is 4.30. The fourth-order valence-corrected chi connectivity index (χ4v) is 4.04. The summed E-state index contributed by atoms with van der Waals surface area (Å²) in [5.74, 6) is 0.783. The Morgan fingerprint density at radius 3 is 2.84 bits per heavy atom. The minimum atomic E-state index is -0.114. The molecule has 7 heteroatoms. The predicted molar refractivity (Wildman–Crippen MR) is 128 cm³/mol. The van der Waals surface area contributed by atoms with Gasteiger partial charge in [0.2, 0.25) is 0 Å². The van der Waals surface area contributed by atoms with Gasteiger partial charge in [0.1, 0.15) is 5.75 Å². The number of fused-ring (bicyclic) bond motifs is 1. The van der Waals surface area contributed by atoms with E-state index >= 15 is 0 Å². The van der Waals surface area contributed by atoms with Crippen LogP contribution >= 0.6 is 12.2 Å². The van der Waals surface area contributed by atoms with Crippen molar-refractivity contribution in [2.75, 3.05) is 25.1 Å². The lowest BCUT2D eigenvalue weighted by Crippen LogP contribution is -2.40. The molecule has 1 atom stereocenters. The largest absolute Gasteiger partial charge is 0.494 e. The number of anilines is 1. The van der Waals surface area contributed by atoms with Crippen LogP contribution in [0.25, 0.3) is 10.9 Å². The third-order valence-corrected chi connectivity index (χ3v) is 5.69. The van der Waals surface area contributed by atoms with Crippen LogP contribution in [0.5, 0.6) is 5.75 Å². The first-order valence-corrected chi connectivity index (χ1v) is 11.0. The number of nitrogens with one attached hydrogen (secondary N) is 2. The highest BCUT2D eigenvalue weighted by Gasteiger charge is 2.22. The molecule has 0 saturated carbocycles. The van der Waals surface area contributed by atoms with Gasteiger partial charge < -0.3 is 24.7 Å². The lowest BCUT2D eigenvalue weighted by atomic mass is 10.1. The number of thiocarbonyl (C=S) groups is 1. The monoisotopic (exact) mass is 437 g/mol. The van der Waals surface area contributed by atoms with E-state index in [4.69, 9.17) is 21.7 Å². The second-order valence-corrected chi connectivity index (χ2v) is 8.00. The molecule has 1 aromatic heterocycles. The Morgan fingerprint density at radius 1 is 1.26 bits per heavy atom. The maximum Gasteiger partial charge on any atom is 0.253 e. The minimum absolute atomic E-state index is 0.111. The molecule has 0 radical (unpaired) electrons. The number of hydrogen-bond acceptors (Lipinski definition) is 4. The van der Waals surface area contributed by atoms with Crippen LogP contribution < -0.4 is 15.6 Å². The van der Waals surface area contributed by atoms with E-state index in [1.807, 2.05) is 66.4 Å². The van der Waals surface area contributed by atoms with Gasteiger partial charge >= 0.3 is 0 Å². The van der Waals surface area contributed by atoms with Crippen LogP contribution in [-0.2, 0) is 11.3 Å². The van der Waals surface area contributed by atoms with Crippen molar-refractivity contribution >= 4 is 33.9 Å². The number of ether oxygens (including phenoxy) is 2. The van der Waals surface area contributed by atoms with Gasteiger partial charge in [-0.05, 0) is 68.4 Å². The number of pyridine rings is 1. The molecule has 1 fully saturated rings. The summed E-state index contributed by atoms with van der Waals surface area (Å²) in [4.78, 5) is 17.8. The molecule has 0 amide bonds. The molecule has 0 spiro atoms. The highest BCUT2D eigenvalue weighted by Crippen LogP contribution is 2.21. The van der Waals surface area contributed by atoms with Gasteiger partial charge in [-0.1, -0.05) is 18.2 Å². The Balaban J connectivity index is 1.60. The highest BCUT2D eigenvalue weighted by molar-refractivity contribution is 7.80.